The van der Waals surface area contributed by atoms with E-state index in [1.165, 1.54) is 39.2 Å². The fraction of sp³-hybridized carbons (Fsp3) is 0.367. The number of hydrogen-bond donors (Lipinski definition) is 0. The van der Waals surface area contributed by atoms with E-state index in [-0.39, 0.29) is 5.97 Å². The summed E-state index contributed by atoms with van der Waals surface area (Å²) in [7, 11) is 1.41. The van der Waals surface area contributed by atoms with Crippen LogP contribution in [0.15, 0.2) is 66.7 Å². The lowest BCUT2D eigenvalue weighted by Crippen LogP contribution is -2.15. The van der Waals surface area contributed by atoms with Crippen molar-refractivity contribution >= 4 is 5.97 Å². The van der Waals surface area contributed by atoms with Gasteiger partial charge in [0.25, 0.3) is 0 Å². The van der Waals surface area contributed by atoms with Gasteiger partial charge in [-0.05, 0) is 77.8 Å². The molecule has 0 saturated heterocycles. The van der Waals surface area contributed by atoms with Gasteiger partial charge in [0.2, 0.25) is 0 Å². The highest BCUT2D eigenvalue weighted by Gasteiger charge is 2.16. The number of benzene rings is 3. The van der Waals surface area contributed by atoms with Crippen LogP contribution in [0, 0.1) is 12.8 Å². The van der Waals surface area contributed by atoms with Crippen LogP contribution < -0.4 is 4.74 Å². The minimum Gasteiger partial charge on any atom is -0.493 e. The fourth-order valence-corrected chi connectivity index (χ4v) is 4.65. The van der Waals surface area contributed by atoms with Crippen molar-refractivity contribution in [3.05, 3.63) is 89.0 Å². The van der Waals surface area contributed by atoms with Gasteiger partial charge in [0.1, 0.15) is 5.75 Å². The summed E-state index contributed by atoms with van der Waals surface area (Å²) in [6.07, 6.45) is 6.58. The van der Waals surface area contributed by atoms with Crippen molar-refractivity contribution in [3.63, 3.8) is 0 Å². The first-order valence-corrected chi connectivity index (χ1v) is 12.2. The van der Waals surface area contributed by atoms with Crippen LogP contribution in [0.4, 0.5) is 0 Å². The molecule has 0 radical (unpaired) electrons. The van der Waals surface area contributed by atoms with E-state index in [1.807, 2.05) is 61.5 Å². The van der Waals surface area contributed by atoms with Crippen molar-refractivity contribution in [2.75, 3.05) is 13.7 Å². The van der Waals surface area contributed by atoms with E-state index in [2.05, 4.69) is 12.1 Å². The highest BCUT2D eigenvalue weighted by atomic mass is 16.5. The van der Waals surface area contributed by atoms with Crippen molar-refractivity contribution in [2.45, 2.75) is 52.2 Å². The topological polar surface area (TPSA) is 44.8 Å². The number of esters is 1. The van der Waals surface area contributed by atoms with Crippen LogP contribution >= 0.6 is 0 Å². The molecule has 3 aromatic rings. The Morgan fingerprint density at radius 1 is 0.853 bits per heavy atom. The number of carbonyl (C=O) groups is 1. The van der Waals surface area contributed by atoms with Crippen LogP contribution in [0.3, 0.4) is 0 Å². The third-order valence-electron chi connectivity index (χ3n) is 6.57. The zero-order valence-corrected chi connectivity index (χ0v) is 20.2. The van der Waals surface area contributed by atoms with Crippen LogP contribution in [0.25, 0.3) is 11.1 Å². The Hall–Kier alpha value is -3.11. The SMILES string of the molecule is COC(=O)c1ccc(COCc2cccc(OCC3CCCCC3)c2)cc1-c1ccccc1C. The first-order valence-electron chi connectivity index (χ1n) is 12.2. The predicted molar refractivity (Wildman–Crippen MR) is 135 cm³/mol. The molecule has 0 amide bonds. The summed E-state index contributed by atoms with van der Waals surface area (Å²) in [6.45, 7) is 3.80. The Bertz CT molecular complexity index is 1100. The van der Waals surface area contributed by atoms with Crippen LogP contribution in [0.2, 0.25) is 0 Å². The lowest BCUT2D eigenvalue weighted by molar-refractivity contribution is 0.0601. The summed E-state index contributed by atoms with van der Waals surface area (Å²) >= 11 is 0. The number of hydrogen-bond acceptors (Lipinski definition) is 4. The molecule has 34 heavy (non-hydrogen) atoms. The molecule has 0 aliphatic heterocycles. The van der Waals surface area contributed by atoms with Gasteiger partial charge in [0, 0.05) is 0 Å². The van der Waals surface area contributed by atoms with Crippen LogP contribution in [-0.2, 0) is 22.7 Å². The molecule has 178 valence electrons. The lowest BCUT2D eigenvalue weighted by Gasteiger charge is -2.21. The summed E-state index contributed by atoms with van der Waals surface area (Å²) in [5, 5.41) is 0. The number of aryl methyl sites for hydroxylation is 1. The number of carbonyl (C=O) groups excluding carboxylic acids is 1. The molecule has 4 nitrogen and oxygen atoms in total. The molecule has 1 aliphatic rings. The average Bonchev–Trinajstić information content (AvgIpc) is 2.88. The number of rotatable bonds is 9. The summed E-state index contributed by atoms with van der Waals surface area (Å²) in [6, 6.07) is 22.0. The molecule has 0 bridgehead atoms. The van der Waals surface area contributed by atoms with E-state index in [0.717, 1.165) is 40.2 Å². The van der Waals surface area contributed by atoms with Gasteiger partial charge >= 0.3 is 5.97 Å². The molecule has 1 aliphatic carbocycles. The Morgan fingerprint density at radius 3 is 2.38 bits per heavy atom. The summed E-state index contributed by atoms with van der Waals surface area (Å²) in [5.74, 6) is 1.26. The Balaban J connectivity index is 1.39. The fourth-order valence-electron chi connectivity index (χ4n) is 4.65. The average molecular weight is 459 g/mol. The molecule has 0 aromatic heterocycles. The molecule has 4 heteroatoms. The molecule has 0 unspecified atom stereocenters. The van der Waals surface area contributed by atoms with Crippen molar-refractivity contribution in [3.8, 4) is 16.9 Å². The van der Waals surface area contributed by atoms with Crippen molar-refractivity contribution in [1.29, 1.82) is 0 Å². The van der Waals surface area contributed by atoms with E-state index >= 15 is 0 Å². The normalized spacial score (nSPS) is 14.1. The monoisotopic (exact) mass is 458 g/mol. The second kappa shape index (κ2) is 11.8. The molecule has 0 heterocycles. The second-order valence-electron chi connectivity index (χ2n) is 9.14. The molecule has 4 rings (SSSR count). The van der Waals surface area contributed by atoms with E-state index in [4.69, 9.17) is 14.2 Å². The van der Waals surface area contributed by atoms with Crippen molar-refractivity contribution in [1.82, 2.24) is 0 Å². The molecule has 0 atom stereocenters. The standard InChI is InChI=1S/C30H34O4/c1-22-9-6-7-14-27(22)29-18-25(15-16-28(29)30(31)32-2)20-33-19-24-12-8-13-26(17-24)34-21-23-10-4-3-5-11-23/h6-9,12-18,23H,3-5,10-11,19-21H2,1-2H3. The van der Waals surface area contributed by atoms with E-state index in [0.29, 0.717) is 24.7 Å². The predicted octanol–water partition coefficient (Wildman–Crippen LogP) is 7.12. The summed E-state index contributed by atoms with van der Waals surface area (Å²) in [5.41, 5.74) is 5.65. The quantitative estimate of drug-likeness (QED) is 0.320. The smallest absolute Gasteiger partial charge is 0.338 e. The van der Waals surface area contributed by atoms with Gasteiger partial charge in [-0.3, -0.25) is 0 Å². The third kappa shape index (κ3) is 6.27. The highest BCUT2D eigenvalue weighted by Crippen LogP contribution is 2.29. The van der Waals surface area contributed by atoms with E-state index < -0.39 is 0 Å². The highest BCUT2D eigenvalue weighted by molar-refractivity contribution is 5.97. The zero-order valence-electron chi connectivity index (χ0n) is 20.2. The maximum absolute atomic E-state index is 12.4. The number of ether oxygens (including phenoxy) is 3. The lowest BCUT2D eigenvalue weighted by atomic mass is 9.90. The maximum atomic E-state index is 12.4. The summed E-state index contributed by atoms with van der Waals surface area (Å²) < 4.78 is 17.1. The van der Waals surface area contributed by atoms with Crippen LogP contribution in [-0.4, -0.2) is 19.7 Å². The van der Waals surface area contributed by atoms with Gasteiger partial charge in [0.05, 0.1) is 32.5 Å². The van der Waals surface area contributed by atoms with Gasteiger partial charge < -0.3 is 14.2 Å². The first kappa shape index (κ1) is 24.0. The van der Waals surface area contributed by atoms with Gasteiger partial charge in [0.15, 0.2) is 0 Å². The van der Waals surface area contributed by atoms with Crippen LogP contribution in [0.1, 0.15) is 59.2 Å². The summed E-state index contributed by atoms with van der Waals surface area (Å²) in [4.78, 5) is 12.4. The van der Waals surface area contributed by atoms with E-state index in [1.54, 1.807) is 0 Å². The Kier molecular flexibility index (Phi) is 8.37. The Morgan fingerprint density at radius 2 is 1.62 bits per heavy atom. The minimum absolute atomic E-state index is 0.337. The molecule has 1 fully saturated rings. The molecule has 1 saturated carbocycles. The number of methoxy groups -OCH3 is 1. The molecular weight excluding hydrogens is 424 g/mol. The molecule has 3 aromatic carbocycles. The Labute approximate surface area is 202 Å². The second-order valence-corrected chi connectivity index (χ2v) is 9.14. The van der Waals surface area contributed by atoms with Crippen molar-refractivity contribution in [2.24, 2.45) is 5.92 Å². The molecule has 0 spiro atoms. The molecular formula is C30H34O4. The van der Waals surface area contributed by atoms with Crippen LogP contribution in [0.5, 0.6) is 5.75 Å². The van der Waals surface area contributed by atoms with Gasteiger partial charge in [-0.15, -0.1) is 0 Å². The molecule has 0 N–H and O–H groups in total. The maximum Gasteiger partial charge on any atom is 0.338 e. The minimum atomic E-state index is -0.337. The zero-order chi connectivity index (χ0) is 23.8. The van der Waals surface area contributed by atoms with Gasteiger partial charge in [-0.1, -0.05) is 61.7 Å². The largest absolute Gasteiger partial charge is 0.493 e. The first-order chi connectivity index (χ1) is 16.6. The third-order valence-corrected chi connectivity index (χ3v) is 6.57. The van der Waals surface area contributed by atoms with E-state index in [9.17, 15) is 4.79 Å². The van der Waals surface area contributed by atoms with Gasteiger partial charge in [-0.2, -0.15) is 0 Å². The van der Waals surface area contributed by atoms with Gasteiger partial charge in [-0.25, -0.2) is 4.79 Å². The van der Waals surface area contributed by atoms with Crippen molar-refractivity contribution < 1.29 is 19.0 Å².